The molecule has 3 aromatic heterocycles. The minimum absolute atomic E-state index is 0. The van der Waals surface area contributed by atoms with E-state index < -0.39 is 18.0 Å². The molecule has 6 rings (SSSR count). The molecule has 2 aliphatic rings. The highest BCUT2D eigenvalue weighted by Crippen LogP contribution is 2.36. The number of rotatable bonds is 7. The van der Waals surface area contributed by atoms with Gasteiger partial charge < -0.3 is 29.0 Å². The van der Waals surface area contributed by atoms with Crippen molar-refractivity contribution in [3.8, 4) is 17.1 Å². The number of piperazine rings is 1. The van der Waals surface area contributed by atoms with Crippen molar-refractivity contribution in [2.24, 2.45) is 5.22 Å². The highest BCUT2D eigenvalue weighted by Gasteiger charge is 2.32. The van der Waals surface area contributed by atoms with Crippen LogP contribution in [-0.2, 0) is 14.3 Å². The van der Waals surface area contributed by atoms with E-state index in [2.05, 4.69) is 20.2 Å². The second-order valence-corrected chi connectivity index (χ2v) is 10.3. The van der Waals surface area contributed by atoms with Crippen molar-refractivity contribution in [2.75, 3.05) is 51.5 Å². The zero-order valence-electron chi connectivity index (χ0n) is 22.6. The number of ketones is 1. The summed E-state index contributed by atoms with van der Waals surface area (Å²) >= 11 is 1.39. The number of hydrogen-bond acceptors (Lipinski definition) is 11. The van der Waals surface area contributed by atoms with E-state index in [1.54, 1.807) is 29.2 Å². The number of para-hydroxylation sites is 1. The predicted octanol–water partition coefficient (Wildman–Crippen LogP) is 3.70. The van der Waals surface area contributed by atoms with Gasteiger partial charge in [-0.05, 0) is 12.1 Å². The molecule has 0 radical (unpaired) electrons. The highest BCUT2D eigenvalue weighted by molar-refractivity contribution is 7.10. The molecule has 2 saturated heterocycles. The van der Waals surface area contributed by atoms with Crippen molar-refractivity contribution in [3.63, 3.8) is 0 Å². The number of H-pyrrole nitrogens is 1. The van der Waals surface area contributed by atoms with Gasteiger partial charge in [0.2, 0.25) is 12.2 Å². The molecule has 0 bridgehead atoms. The monoisotopic (exact) mass is 591 g/mol. The third-order valence-corrected chi connectivity index (χ3v) is 7.96. The van der Waals surface area contributed by atoms with Crippen molar-refractivity contribution >= 4 is 45.6 Å². The van der Waals surface area contributed by atoms with Crippen LogP contribution in [0, 0.1) is 10.9 Å². The lowest BCUT2D eigenvalue weighted by atomic mass is 10.1. The topological polar surface area (TPSA) is 173 Å². The van der Waals surface area contributed by atoms with Crippen LogP contribution in [0.1, 0.15) is 23.1 Å². The van der Waals surface area contributed by atoms with E-state index >= 15 is 0 Å². The Labute approximate surface area is 245 Å². The van der Waals surface area contributed by atoms with Gasteiger partial charge in [0.15, 0.2) is 0 Å². The van der Waals surface area contributed by atoms with Gasteiger partial charge in [-0.2, -0.15) is 10.5 Å². The normalized spacial score (nSPS) is 15.6. The van der Waals surface area contributed by atoms with E-state index in [4.69, 9.17) is 25.2 Å². The zero-order valence-corrected chi connectivity index (χ0v) is 23.4. The number of carbonyl (C=O) groups excluding carboxylic acids is 2. The molecule has 0 saturated carbocycles. The smallest absolute Gasteiger partial charge is 0.295 e. The van der Waals surface area contributed by atoms with Gasteiger partial charge in [0.25, 0.3) is 11.7 Å². The third kappa shape index (κ3) is 4.97. The van der Waals surface area contributed by atoms with Crippen molar-refractivity contribution in [1.82, 2.24) is 24.8 Å². The number of nitrogens with zero attached hydrogens (tertiary/aromatic N) is 6. The number of carbonyl (C=O) groups is 2. The molecule has 0 aliphatic carbocycles. The number of pyridine rings is 1. The Morgan fingerprint density at radius 3 is 2.57 bits per heavy atom. The summed E-state index contributed by atoms with van der Waals surface area (Å²) in [6.45, 7) is 2.08. The molecular weight excluding hydrogens is 562 g/mol. The Bertz CT molecular complexity index is 1650. The Morgan fingerprint density at radius 1 is 1.17 bits per heavy atom. The maximum absolute atomic E-state index is 13.5. The number of fused-ring (bicyclic) bond motifs is 1. The SMILES string of the molecule is COc1cnc(-c2csc(C3OCCO3)n2)c2[nH]cc(C(=O)C(=O)N3CCN(C(=N)N(N=N)c4ccccc4)CC3)c12.[HH]. The van der Waals surface area contributed by atoms with Crippen LogP contribution >= 0.6 is 11.3 Å². The Kier molecular flexibility index (Phi) is 7.60. The number of methoxy groups -OCH3 is 1. The van der Waals surface area contributed by atoms with Crippen LogP contribution < -0.4 is 9.75 Å². The maximum atomic E-state index is 13.5. The van der Waals surface area contributed by atoms with Gasteiger partial charge in [0, 0.05) is 39.2 Å². The molecule has 14 nitrogen and oxygen atoms in total. The summed E-state index contributed by atoms with van der Waals surface area (Å²) in [5, 5.41) is 16.2. The summed E-state index contributed by atoms with van der Waals surface area (Å²) in [4.78, 5) is 42.3. The van der Waals surface area contributed by atoms with E-state index in [0.717, 1.165) is 0 Å². The van der Waals surface area contributed by atoms with E-state index in [1.807, 2.05) is 11.4 Å². The summed E-state index contributed by atoms with van der Waals surface area (Å²) in [6.07, 6.45) is 2.49. The predicted molar refractivity (Wildman–Crippen MR) is 155 cm³/mol. The number of hydrogen-bond donors (Lipinski definition) is 3. The number of Topliss-reactive ketones (excluding diaryl/α,β-unsaturated/α-hetero) is 1. The van der Waals surface area contributed by atoms with Crippen LogP contribution in [0.2, 0.25) is 0 Å². The average molecular weight is 592 g/mol. The van der Waals surface area contributed by atoms with E-state index in [0.29, 0.717) is 65.0 Å². The number of aromatic amines is 1. The standard InChI is InChI=1S/C27H27N9O5S.H2/c1-39-19-14-31-21(18-15-42-24(32-18)26-40-11-12-41-26)22-20(19)17(13-30-22)23(37)25(38)34-7-9-35(10-8-34)27(28)36(33-29)16-5-3-2-4-6-16;/h2-6,13-15,26,28-30H,7-12H2,1H3;1H. The van der Waals surface area contributed by atoms with E-state index in [9.17, 15) is 9.59 Å². The third-order valence-electron chi connectivity index (χ3n) is 7.09. The molecular formula is C27H29N9O5S. The van der Waals surface area contributed by atoms with Crippen molar-refractivity contribution < 1.29 is 25.2 Å². The molecule has 3 N–H and O–H groups in total. The molecule has 0 atom stereocenters. The first kappa shape index (κ1) is 27.4. The molecule has 218 valence electrons. The Morgan fingerprint density at radius 2 is 1.88 bits per heavy atom. The maximum Gasteiger partial charge on any atom is 0.295 e. The lowest BCUT2D eigenvalue weighted by Gasteiger charge is -2.37. The van der Waals surface area contributed by atoms with Gasteiger partial charge in [-0.25, -0.2) is 9.97 Å². The molecule has 2 fully saturated rings. The summed E-state index contributed by atoms with van der Waals surface area (Å²) < 4.78 is 16.6. The number of benzene rings is 1. The van der Waals surface area contributed by atoms with Crippen LogP contribution in [0.15, 0.2) is 53.3 Å². The second kappa shape index (κ2) is 11.6. The van der Waals surface area contributed by atoms with E-state index in [-0.39, 0.29) is 26.0 Å². The number of amides is 1. The van der Waals surface area contributed by atoms with Crippen LogP contribution in [0.5, 0.6) is 5.75 Å². The minimum Gasteiger partial charge on any atom is -0.494 e. The van der Waals surface area contributed by atoms with Gasteiger partial charge in [0.1, 0.15) is 22.1 Å². The average Bonchev–Trinajstić information content (AvgIpc) is 3.82. The van der Waals surface area contributed by atoms with Crippen LogP contribution in [0.25, 0.3) is 22.3 Å². The van der Waals surface area contributed by atoms with Crippen molar-refractivity contribution in [2.45, 2.75) is 6.29 Å². The molecule has 2 aliphatic heterocycles. The quantitative estimate of drug-likeness (QED) is 0.0723. The number of ether oxygens (including phenoxy) is 3. The van der Waals surface area contributed by atoms with Gasteiger partial charge in [-0.3, -0.25) is 15.0 Å². The molecule has 0 spiro atoms. The zero-order chi connectivity index (χ0) is 29.2. The van der Waals surface area contributed by atoms with Gasteiger partial charge in [0.05, 0.1) is 48.7 Å². The molecule has 5 heterocycles. The summed E-state index contributed by atoms with van der Waals surface area (Å²) in [7, 11) is 1.48. The molecule has 0 unspecified atom stereocenters. The lowest BCUT2D eigenvalue weighted by molar-refractivity contribution is -0.127. The number of nitrogens with one attached hydrogen (secondary N) is 3. The van der Waals surface area contributed by atoms with E-state index in [1.165, 1.54) is 40.7 Å². The lowest BCUT2D eigenvalue weighted by Crippen LogP contribution is -2.54. The number of anilines is 1. The van der Waals surface area contributed by atoms with Gasteiger partial charge in [-0.15, -0.1) is 11.3 Å². The van der Waals surface area contributed by atoms with Gasteiger partial charge in [-0.1, -0.05) is 23.4 Å². The molecule has 4 aromatic rings. The van der Waals surface area contributed by atoms with Gasteiger partial charge >= 0.3 is 0 Å². The summed E-state index contributed by atoms with van der Waals surface area (Å²) in [6, 6.07) is 8.96. The second-order valence-electron chi connectivity index (χ2n) is 9.45. The van der Waals surface area contributed by atoms with Crippen LogP contribution in [0.4, 0.5) is 5.69 Å². The van der Waals surface area contributed by atoms with Crippen molar-refractivity contribution in [1.29, 1.82) is 10.9 Å². The van der Waals surface area contributed by atoms with Crippen molar-refractivity contribution in [3.05, 3.63) is 58.7 Å². The van der Waals surface area contributed by atoms with Crippen LogP contribution in [-0.4, -0.2) is 88.9 Å². The number of guanidine groups is 1. The largest absolute Gasteiger partial charge is 0.494 e. The number of aromatic nitrogens is 3. The summed E-state index contributed by atoms with van der Waals surface area (Å²) in [5.41, 5.74) is 9.91. The van der Waals surface area contributed by atoms with Crippen LogP contribution in [0.3, 0.4) is 0 Å². The fourth-order valence-corrected chi connectivity index (χ4v) is 5.76. The molecule has 1 amide bonds. The molecule has 1 aromatic carbocycles. The first-order valence-electron chi connectivity index (χ1n) is 13.1. The Balaban J connectivity index is 0.00000368. The first-order valence-corrected chi connectivity index (χ1v) is 14.0. The summed E-state index contributed by atoms with van der Waals surface area (Å²) in [5.74, 6) is -0.965. The Hall–Kier alpha value is -4.73. The molecule has 42 heavy (non-hydrogen) atoms. The molecule has 15 heteroatoms. The highest BCUT2D eigenvalue weighted by atomic mass is 32.1. The number of thiazole rings is 1. The first-order chi connectivity index (χ1) is 20.5. The minimum atomic E-state index is -0.681. The fourth-order valence-electron chi connectivity index (χ4n) is 4.96. The fraction of sp³-hybridized carbons (Fsp3) is 0.296.